The number of carbonyl (C=O) groups is 1. The number of amides is 1. The molecule has 2 rings (SSSR count). The zero-order chi connectivity index (χ0) is 10.7. The van der Waals surface area contributed by atoms with E-state index in [0.29, 0.717) is 17.2 Å². The van der Waals surface area contributed by atoms with Gasteiger partial charge in [0.05, 0.1) is 17.4 Å². The molecule has 15 heavy (non-hydrogen) atoms. The van der Waals surface area contributed by atoms with Gasteiger partial charge in [0.2, 0.25) is 0 Å². The van der Waals surface area contributed by atoms with Gasteiger partial charge in [-0.15, -0.1) is 0 Å². The average molecular weight is 206 g/mol. The van der Waals surface area contributed by atoms with Crippen LogP contribution in [0.3, 0.4) is 0 Å². The number of anilines is 1. The number of carbonyl (C=O) groups excluding carboxylic acids is 1. The van der Waals surface area contributed by atoms with Crippen LogP contribution in [0.25, 0.3) is 0 Å². The van der Waals surface area contributed by atoms with E-state index in [0.717, 1.165) is 6.54 Å². The molecule has 0 spiro atoms. The fourth-order valence-electron chi connectivity index (χ4n) is 1.36. The van der Waals surface area contributed by atoms with E-state index in [9.17, 15) is 4.79 Å². The molecule has 1 amide bonds. The smallest absolute Gasteiger partial charge is 0.253 e. The zero-order valence-electron chi connectivity index (χ0n) is 8.36. The summed E-state index contributed by atoms with van der Waals surface area (Å²) in [6, 6.07) is 1.65. The average Bonchev–Trinajstić information content (AvgIpc) is 3.09. The Morgan fingerprint density at radius 3 is 3.07 bits per heavy atom. The summed E-state index contributed by atoms with van der Waals surface area (Å²) >= 11 is 0. The lowest BCUT2D eigenvalue weighted by Crippen LogP contribution is -2.27. The van der Waals surface area contributed by atoms with Crippen LogP contribution in [0.1, 0.15) is 23.2 Å². The van der Waals surface area contributed by atoms with Gasteiger partial charge in [0, 0.05) is 12.7 Å². The molecule has 1 aliphatic carbocycles. The topological polar surface area (TPSA) is 80.0 Å². The predicted molar refractivity (Wildman–Crippen MR) is 57.1 cm³/mol. The van der Waals surface area contributed by atoms with E-state index in [1.165, 1.54) is 19.0 Å². The molecule has 1 aliphatic rings. The van der Waals surface area contributed by atoms with Gasteiger partial charge in [-0.05, 0) is 24.8 Å². The molecule has 0 atom stereocenters. The lowest BCUT2D eigenvalue weighted by atomic mass is 10.2. The van der Waals surface area contributed by atoms with Crippen LogP contribution in [0, 0.1) is 5.92 Å². The highest BCUT2D eigenvalue weighted by molar-refractivity contribution is 5.99. The number of aromatic nitrogens is 1. The van der Waals surface area contributed by atoms with Gasteiger partial charge in [-0.2, -0.15) is 0 Å². The van der Waals surface area contributed by atoms with Crippen molar-refractivity contribution < 1.29 is 4.79 Å². The van der Waals surface area contributed by atoms with Crippen molar-refractivity contribution in [2.75, 3.05) is 12.0 Å². The Bertz CT molecular complexity index is 362. The molecule has 0 saturated heterocycles. The molecule has 0 bridgehead atoms. The lowest BCUT2D eigenvalue weighted by Gasteiger charge is -2.08. The molecule has 4 N–H and O–H groups in total. The van der Waals surface area contributed by atoms with E-state index in [-0.39, 0.29) is 5.91 Å². The largest absolute Gasteiger partial charge is 0.352 e. The van der Waals surface area contributed by atoms with Crippen LogP contribution >= 0.6 is 0 Å². The monoisotopic (exact) mass is 206 g/mol. The molecule has 5 heteroatoms. The Morgan fingerprint density at radius 1 is 1.60 bits per heavy atom. The molecule has 0 unspecified atom stereocenters. The van der Waals surface area contributed by atoms with Crippen molar-refractivity contribution in [1.82, 2.24) is 10.3 Å². The van der Waals surface area contributed by atoms with E-state index in [1.807, 2.05) is 0 Å². The highest BCUT2D eigenvalue weighted by Gasteiger charge is 2.22. The minimum atomic E-state index is -0.0998. The van der Waals surface area contributed by atoms with E-state index in [2.05, 4.69) is 15.7 Å². The third-order valence-electron chi connectivity index (χ3n) is 2.47. The van der Waals surface area contributed by atoms with Gasteiger partial charge in [-0.25, -0.2) is 0 Å². The van der Waals surface area contributed by atoms with Gasteiger partial charge in [0.1, 0.15) is 0 Å². The molecule has 1 heterocycles. The summed E-state index contributed by atoms with van der Waals surface area (Å²) < 4.78 is 0. The SMILES string of the molecule is NNc1cnccc1C(=O)NCC1CC1. The fraction of sp³-hybridized carbons (Fsp3) is 0.400. The molecular weight excluding hydrogens is 192 g/mol. The maximum Gasteiger partial charge on any atom is 0.253 e. The van der Waals surface area contributed by atoms with Crippen LogP contribution in [0.4, 0.5) is 5.69 Å². The van der Waals surface area contributed by atoms with Crippen LogP contribution in [-0.2, 0) is 0 Å². The summed E-state index contributed by atoms with van der Waals surface area (Å²) in [5, 5.41) is 2.87. The zero-order valence-corrected chi connectivity index (χ0v) is 8.36. The highest BCUT2D eigenvalue weighted by Crippen LogP contribution is 2.27. The summed E-state index contributed by atoms with van der Waals surface area (Å²) in [5.74, 6) is 5.86. The number of nitrogens with one attached hydrogen (secondary N) is 2. The molecule has 5 nitrogen and oxygen atoms in total. The third-order valence-corrected chi connectivity index (χ3v) is 2.47. The van der Waals surface area contributed by atoms with Crippen LogP contribution < -0.4 is 16.6 Å². The number of hydrogen-bond acceptors (Lipinski definition) is 4. The first kappa shape index (κ1) is 9.92. The molecule has 1 fully saturated rings. The number of pyridine rings is 1. The van der Waals surface area contributed by atoms with Gasteiger partial charge in [0.25, 0.3) is 5.91 Å². The van der Waals surface area contributed by atoms with Crippen molar-refractivity contribution >= 4 is 11.6 Å². The maximum atomic E-state index is 11.7. The van der Waals surface area contributed by atoms with Crippen molar-refractivity contribution in [3.8, 4) is 0 Å². The van der Waals surface area contributed by atoms with E-state index in [4.69, 9.17) is 5.84 Å². The first-order chi connectivity index (χ1) is 7.31. The molecular formula is C10H14N4O. The van der Waals surface area contributed by atoms with Crippen molar-refractivity contribution in [3.05, 3.63) is 24.0 Å². The van der Waals surface area contributed by atoms with Crippen LogP contribution in [0.5, 0.6) is 0 Å². The Balaban J connectivity index is 2.02. The van der Waals surface area contributed by atoms with Crippen molar-refractivity contribution in [3.63, 3.8) is 0 Å². The van der Waals surface area contributed by atoms with Crippen LogP contribution in [-0.4, -0.2) is 17.4 Å². The van der Waals surface area contributed by atoms with Gasteiger partial charge in [-0.1, -0.05) is 0 Å². The molecule has 0 radical (unpaired) electrons. The van der Waals surface area contributed by atoms with Crippen LogP contribution in [0.2, 0.25) is 0 Å². The normalized spacial score (nSPS) is 14.7. The van der Waals surface area contributed by atoms with Crippen molar-refractivity contribution in [1.29, 1.82) is 0 Å². The summed E-state index contributed by atoms with van der Waals surface area (Å²) in [6.07, 6.45) is 5.55. The molecule has 1 aromatic heterocycles. The highest BCUT2D eigenvalue weighted by atomic mass is 16.1. The summed E-state index contributed by atoms with van der Waals surface area (Å²) in [4.78, 5) is 15.6. The molecule has 0 aliphatic heterocycles. The molecule has 0 aromatic carbocycles. The summed E-state index contributed by atoms with van der Waals surface area (Å²) in [7, 11) is 0. The third kappa shape index (κ3) is 2.44. The number of rotatable bonds is 4. The number of hydrazine groups is 1. The second-order valence-electron chi connectivity index (χ2n) is 3.72. The van der Waals surface area contributed by atoms with Crippen molar-refractivity contribution in [2.45, 2.75) is 12.8 Å². The number of nitrogens with two attached hydrogens (primary N) is 1. The summed E-state index contributed by atoms with van der Waals surface area (Å²) in [5.41, 5.74) is 3.54. The Labute approximate surface area is 88.0 Å². The minimum Gasteiger partial charge on any atom is -0.352 e. The number of hydrogen-bond donors (Lipinski definition) is 3. The van der Waals surface area contributed by atoms with Gasteiger partial charge in [-0.3, -0.25) is 15.6 Å². The van der Waals surface area contributed by atoms with E-state index >= 15 is 0 Å². The number of nitrogens with zero attached hydrogens (tertiary/aromatic N) is 1. The summed E-state index contributed by atoms with van der Waals surface area (Å²) in [6.45, 7) is 0.755. The van der Waals surface area contributed by atoms with Gasteiger partial charge in [0.15, 0.2) is 0 Å². The van der Waals surface area contributed by atoms with Gasteiger partial charge >= 0.3 is 0 Å². The second-order valence-corrected chi connectivity index (χ2v) is 3.72. The first-order valence-corrected chi connectivity index (χ1v) is 5.00. The first-order valence-electron chi connectivity index (χ1n) is 5.00. The lowest BCUT2D eigenvalue weighted by molar-refractivity contribution is 0.0952. The molecule has 1 aromatic rings. The Morgan fingerprint density at radius 2 is 2.40 bits per heavy atom. The molecule has 1 saturated carbocycles. The molecule has 80 valence electrons. The van der Waals surface area contributed by atoms with Crippen LogP contribution in [0.15, 0.2) is 18.5 Å². The standard InChI is InChI=1S/C10H14N4O/c11-14-9-6-12-4-3-8(9)10(15)13-5-7-1-2-7/h3-4,6-7,14H,1-2,5,11H2,(H,13,15). The fourth-order valence-corrected chi connectivity index (χ4v) is 1.36. The van der Waals surface area contributed by atoms with Gasteiger partial charge < -0.3 is 10.7 Å². The predicted octanol–water partition coefficient (Wildman–Crippen LogP) is 0.507. The Kier molecular flexibility index (Phi) is 2.82. The second kappa shape index (κ2) is 4.27. The number of nitrogen functional groups attached to an aromatic ring is 1. The maximum absolute atomic E-state index is 11.7. The van der Waals surface area contributed by atoms with Crippen molar-refractivity contribution in [2.24, 2.45) is 11.8 Å². The minimum absolute atomic E-state index is 0.0998. The quantitative estimate of drug-likeness (QED) is 0.495. The Hall–Kier alpha value is -1.62. The van der Waals surface area contributed by atoms with E-state index < -0.39 is 0 Å². The van der Waals surface area contributed by atoms with E-state index in [1.54, 1.807) is 12.3 Å².